The fraction of sp³-hybridized carbons (Fsp3) is 0.692. The molecule has 0 amide bonds. The van der Waals surface area contributed by atoms with Gasteiger partial charge in [-0.1, -0.05) is 0 Å². The molecule has 1 aromatic heterocycles. The van der Waals surface area contributed by atoms with E-state index in [-0.39, 0.29) is 5.54 Å². The monoisotopic (exact) mass is 250 g/mol. The van der Waals surface area contributed by atoms with Crippen LogP contribution in [0.25, 0.3) is 0 Å². The highest BCUT2D eigenvalue weighted by atomic mass is 16.5. The number of hydrogen-bond donors (Lipinski definition) is 1. The lowest BCUT2D eigenvalue weighted by atomic mass is 10.1. The first-order valence-corrected chi connectivity index (χ1v) is 6.43. The highest BCUT2D eigenvalue weighted by Crippen LogP contribution is 2.11. The van der Waals surface area contributed by atoms with Gasteiger partial charge in [-0.3, -0.25) is 4.98 Å². The van der Waals surface area contributed by atoms with E-state index in [0.29, 0.717) is 0 Å². The van der Waals surface area contributed by atoms with Gasteiger partial charge >= 0.3 is 0 Å². The Bertz CT molecular complexity index is 366. The van der Waals surface area contributed by atoms with E-state index in [2.05, 4.69) is 41.0 Å². The van der Waals surface area contributed by atoms with Crippen LogP contribution in [0.3, 0.4) is 0 Å². The summed E-state index contributed by atoms with van der Waals surface area (Å²) >= 11 is 0. The third-order valence-electron chi connectivity index (χ3n) is 2.83. The van der Waals surface area contributed by atoms with Crippen LogP contribution in [-0.4, -0.2) is 41.8 Å². The minimum absolute atomic E-state index is 0.102. The van der Waals surface area contributed by atoms with Crippen molar-refractivity contribution in [3.05, 3.63) is 18.1 Å². The Labute approximate surface area is 109 Å². The molecule has 0 spiro atoms. The smallest absolute Gasteiger partial charge is 0.147 e. The Morgan fingerprint density at radius 1 is 1.22 bits per heavy atom. The normalized spacial score (nSPS) is 16.9. The van der Waals surface area contributed by atoms with E-state index in [9.17, 15) is 0 Å². The molecule has 1 aromatic rings. The molecular weight excluding hydrogens is 228 g/mol. The Kier molecular flexibility index (Phi) is 4.14. The van der Waals surface area contributed by atoms with E-state index in [1.807, 2.05) is 12.4 Å². The number of morpholine rings is 1. The van der Waals surface area contributed by atoms with E-state index in [1.54, 1.807) is 0 Å². The van der Waals surface area contributed by atoms with Gasteiger partial charge in [-0.05, 0) is 20.8 Å². The highest BCUT2D eigenvalue weighted by molar-refractivity contribution is 5.36. The lowest BCUT2D eigenvalue weighted by molar-refractivity contribution is 0.122. The summed E-state index contributed by atoms with van der Waals surface area (Å²) in [5, 5.41) is 3.40. The van der Waals surface area contributed by atoms with Gasteiger partial charge in [0.1, 0.15) is 5.82 Å². The van der Waals surface area contributed by atoms with Crippen LogP contribution in [-0.2, 0) is 11.3 Å². The third-order valence-corrected chi connectivity index (χ3v) is 2.83. The van der Waals surface area contributed by atoms with Crippen molar-refractivity contribution in [2.24, 2.45) is 0 Å². The molecule has 0 aromatic carbocycles. The first kappa shape index (κ1) is 13.2. The molecule has 1 N–H and O–H groups in total. The molecule has 0 bridgehead atoms. The Hall–Kier alpha value is -1.20. The van der Waals surface area contributed by atoms with Crippen LogP contribution in [0, 0.1) is 0 Å². The van der Waals surface area contributed by atoms with Crippen molar-refractivity contribution < 1.29 is 4.74 Å². The number of nitrogens with zero attached hydrogens (tertiary/aromatic N) is 3. The lowest BCUT2D eigenvalue weighted by Crippen LogP contribution is -2.37. The summed E-state index contributed by atoms with van der Waals surface area (Å²) < 4.78 is 5.32. The van der Waals surface area contributed by atoms with Gasteiger partial charge in [-0.25, -0.2) is 4.98 Å². The van der Waals surface area contributed by atoms with E-state index in [4.69, 9.17) is 4.74 Å². The number of aromatic nitrogens is 2. The predicted molar refractivity (Wildman–Crippen MR) is 71.7 cm³/mol. The Morgan fingerprint density at radius 3 is 2.50 bits per heavy atom. The molecule has 18 heavy (non-hydrogen) atoms. The SMILES string of the molecule is CC(C)(C)NCc1cnc(N2CCOCC2)cn1. The van der Waals surface area contributed by atoms with Crippen LogP contribution >= 0.6 is 0 Å². The zero-order chi connectivity index (χ0) is 13.0. The molecule has 0 saturated carbocycles. The van der Waals surface area contributed by atoms with Crippen molar-refractivity contribution in [1.82, 2.24) is 15.3 Å². The van der Waals surface area contributed by atoms with Crippen molar-refractivity contribution in [2.45, 2.75) is 32.9 Å². The van der Waals surface area contributed by atoms with E-state index < -0.39 is 0 Å². The van der Waals surface area contributed by atoms with E-state index >= 15 is 0 Å². The quantitative estimate of drug-likeness (QED) is 0.873. The van der Waals surface area contributed by atoms with Crippen LogP contribution in [0.4, 0.5) is 5.82 Å². The molecule has 0 aliphatic carbocycles. The zero-order valence-corrected chi connectivity index (χ0v) is 11.4. The van der Waals surface area contributed by atoms with Crippen molar-refractivity contribution in [2.75, 3.05) is 31.2 Å². The molecule has 0 unspecified atom stereocenters. The fourth-order valence-corrected chi connectivity index (χ4v) is 1.75. The summed E-state index contributed by atoms with van der Waals surface area (Å²) in [6.07, 6.45) is 3.70. The van der Waals surface area contributed by atoms with Crippen LogP contribution in [0.5, 0.6) is 0 Å². The zero-order valence-electron chi connectivity index (χ0n) is 11.4. The average Bonchev–Trinajstić information content (AvgIpc) is 2.37. The Morgan fingerprint density at radius 2 is 1.94 bits per heavy atom. The molecule has 2 rings (SSSR count). The fourth-order valence-electron chi connectivity index (χ4n) is 1.75. The topological polar surface area (TPSA) is 50.3 Å². The van der Waals surface area contributed by atoms with Crippen LogP contribution in [0.15, 0.2) is 12.4 Å². The van der Waals surface area contributed by atoms with Crippen molar-refractivity contribution >= 4 is 5.82 Å². The van der Waals surface area contributed by atoms with Gasteiger partial charge in [-0.15, -0.1) is 0 Å². The van der Waals surface area contributed by atoms with Gasteiger partial charge in [0, 0.05) is 25.2 Å². The summed E-state index contributed by atoms with van der Waals surface area (Å²) in [6.45, 7) is 10.5. The first-order valence-electron chi connectivity index (χ1n) is 6.43. The third kappa shape index (κ3) is 3.92. The van der Waals surface area contributed by atoms with Crippen molar-refractivity contribution in [1.29, 1.82) is 0 Å². The number of rotatable bonds is 3. The molecule has 1 fully saturated rings. The number of nitrogens with one attached hydrogen (secondary N) is 1. The molecule has 5 heteroatoms. The molecule has 1 aliphatic heterocycles. The molecular formula is C13H22N4O. The number of ether oxygens (including phenoxy) is 1. The summed E-state index contributed by atoms with van der Waals surface area (Å²) in [4.78, 5) is 11.1. The molecule has 0 radical (unpaired) electrons. The molecule has 2 heterocycles. The van der Waals surface area contributed by atoms with Crippen LogP contribution in [0.1, 0.15) is 26.5 Å². The summed E-state index contributed by atoms with van der Waals surface area (Å²) in [5.41, 5.74) is 1.08. The second kappa shape index (κ2) is 5.63. The summed E-state index contributed by atoms with van der Waals surface area (Å²) in [7, 11) is 0. The average molecular weight is 250 g/mol. The standard InChI is InChI=1S/C13H22N4O/c1-13(2,3)16-9-11-8-15-12(10-14-11)17-4-6-18-7-5-17/h8,10,16H,4-7,9H2,1-3H3. The van der Waals surface area contributed by atoms with Gasteiger partial charge in [-0.2, -0.15) is 0 Å². The molecule has 0 atom stereocenters. The van der Waals surface area contributed by atoms with E-state index in [1.165, 1.54) is 0 Å². The van der Waals surface area contributed by atoms with Gasteiger partial charge in [0.05, 0.1) is 31.3 Å². The largest absolute Gasteiger partial charge is 0.378 e. The minimum atomic E-state index is 0.102. The van der Waals surface area contributed by atoms with E-state index in [0.717, 1.165) is 44.4 Å². The Balaban J connectivity index is 1.92. The lowest BCUT2D eigenvalue weighted by Gasteiger charge is -2.27. The van der Waals surface area contributed by atoms with Crippen molar-refractivity contribution in [3.63, 3.8) is 0 Å². The van der Waals surface area contributed by atoms with Crippen molar-refractivity contribution in [3.8, 4) is 0 Å². The summed E-state index contributed by atoms with van der Waals surface area (Å²) in [6, 6.07) is 0. The van der Waals surface area contributed by atoms with Gasteiger partial charge < -0.3 is 15.0 Å². The second-order valence-corrected chi connectivity index (χ2v) is 5.57. The first-order chi connectivity index (χ1) is 8.54. The van der Waals surface area contributed by atoms with Crippen LogP contribution in [0.2, 0.25) is 0 Å². The van der Waals surface area contributed by atoms with Gasteiger partial charge in [0.15, 0.2) is 0 Å². The molecule has 5 nitrogen and oxygen atoms in total. The maximum Gasteiger partial charge on any atom is 0.147 e. The van der Waals surface area contributed by atoms with Gasteiger partial charge in [0.25, 0.3) is 0 Å². The molecule has 1 aliphatic rings. The minimum Gasteiger partial charge on any atom is -0.378 e. The summed E-state index contributed by atoms with van der Waals surface area (Å²) in [5.74, 6) is 0.942. The molecule has 100 valence electrons. The highest BCUT2D eigenvalue weighted by Gasteiger charge is 2.13. The molecule has 1 saturated heterocycles. The maximum absolute atomic E-state index is 5.32. The van der Waals surface area contributed by atoms with Gasteiger partial charge in [0.2, 0.25) is 0 Å². The number of anilines is 1. The second-order valence-electron chi connectivity index (χ2n) is 5.57. The number of hydrogen-bond acceptors (Lipinski definition) is 5. The maximum atomic E-state index is 5.32. The van der Waals surface area contributed by atoms with Crippen LogP contribution < -0.4 is 10.2 Å². The predicted octanol–water partition coefficient (Wildman–Crippen LogP) is 1.20.